The Balaban J connectivity index is 1.48. The molecule has 1 saturated heterocycles. The van der Waals surface area contributed by atoms with E-state index in [9.17, 15) is 4.79 Å². The van der Waals surface area contributed by atoms with Gasteiger partial charge in [0.2, 0.25) is 5.91 Å². The van der Waals surface area contributed by atoms with Gasteiger partial charge in [-0.15, -0.1) is 0 Å². The molecule has 0 aliphatic carbocycles. The molecule has 0 bridgehead atoms. The van der Waals surface area contributed by atoms with E-state index in [0.717, 1.165) is 42.0 Å². The Kier molecular flexibility index (Phi) is 8.53. The minimum absolute atomic E-state index is 0.151. The second kappa shape index (κ2) is 11.6. The number of benzene rings is 1. The van der Waals surface area contributed by atoms with E-state index in [2.05, 4.69) is 20.2 Å². The number of halogens is 1. The van der Waals surface area contributed by atoms with E-state index in [1.807, 2.05) is 66.2 Å². The number of hydrogen-bond acceptors (Lipinski definition) is 4. The van der Waals surface area contributed by atoms with Gasteiger partial charge in [-0.3, -0.25) is 9.79 Å². The number of rotatable bonds is 7. The Morgan fingerprint density at radius 3 is 2.68 bits per heavy atom. The molecule has 1 amide bonds. The lowest BCUT2D eigenvalue weighted by Crippen LogP contribution is -2.49. The number of nitrogens with one attached hydrogen (secondary N) is 1. The Labute approximate surface area is 189 Å². The summed E-state index contributed by atoms with van der Waals surface area (Å²) in [6.45, 7) is 6.99. The molecule has 0 spiro atoms. The summed E-state index contributed by atoms with van der Waals surface area (Å²) in [5.74, 6) is 1.91. The van der Waals surface area contributed by atoms with E-state index in [1.165, 1.54) is 0 Å². The first-order chi connectivity index (χ1) is 15.1. The largest absolute Gasteiger partial charge is 0.357 e. The molecule has 1 N–H and O–H groups in total. The summed E-state index contributed by atoms with van der Waals surface area (Å²) < 4.78 is 0. The number of hydrogen-bond donors (Lipinski definition) is 1. The van der Waals surface area contributed by atoms with Gasteiger partial charge < -0.3 is 20.0 Å². The lowest BCUT2D eigenvalue weighted by atomic mass is 10.2. The summed E-state index contributed by atoms with van der Waals surface area (Å²) in [5, 5.41) is 4.02. The quantitative estimate of drug-likeness (QED) is 0.527. The number of guanidine groups is 1. The van der Waals surface area contributed by atoms with Crippen molar-refractivity contribution in [3.8, 4) is 0 Å². The summed E-state index contributed by atoms with van der Waals surface area (Å²) in [5.41, 5.74) is 1.11. The minimum Gasteiger partial charge on any atom is -0.357 e. The first-order valence-electron chi connectivity index (χ1n) is 10.7. The predicted molar refractivity (Wildman–Crippen MR) is 127 cm³/mol. The minimum atomic E-state index is 0.151. The maximum atomic E-state index is 12.7. The van der Waals surface area contributed by atoms with E-state index < -0.39 is 0 Å². The zero-order valence-electron chi connectivity index (χ0n) is 18.3. The molecule has 31 heavy (non-hydrogen) atoms. The number of amides is 1. The van der Waals surface area contributed by atoms with E-state index in [-0.39, 0.29) is 5.91 Å². The molecule has 1 aromatic heterocycles. The molecule has 7 nitrogen and oxygen atoms in total. The third-order valence-corrected chi connectivity index (χ3v) is 5.43. The van der Waals surface area contributed by atoms with Crippen LogP contribution in [0.1, 0.15) is 18.9 Å². The van der Waals surface area contributed by atoms with Crippen LogP contribution in [0.4, 0.5) is 5.82 Å². The molecule has 1 aliphatic rings. The van der Waals surface area contributed by atoms with Gasteiger partial charge in [0.1, 0.15) is 5.82 Å². The summed E-state index contributed by atoms with van der Waals surface area (Å²) in [4.78, 5) is 27.9. The Morgan fingerprint density at radius 1 is 1.19 bits per heavy atom. The summed E-state index contributed by atoms with van der Waals surface area (Å²) in [7, 11) is 1.99. The van der Waals surface area contributed by atoms with Crippen LogP contribution in [-0.2, 0) is 11.3 Å². The van der Waals surface area contributed by atoms with Gasteiger partial charge in [0.05, 0.1) is 6.54 Å². The van der Waals surface area contributed by atoms with Gasteiger partial charge in [-0.25, -0.2) is 4.98 Å². The van der Waals surface area contributed by atoms with Crippen LogP contribution in [-0.4, -0.2) is 73.0 Å². The standard InChI is InChI=1S/C23H31ClN6O/c1-3-25-23(28(2)18-19-7-6-8-20(24)17-19)27-12-10-22(31)30-15-13-29(14-16-30)21-9-4-5-11-26-21/h4-9,11,17H,3,10,12-16,18H2,1-2H3,(H,25,27). The smallest absolute Gasteiger partial charge is 0.224 e. The summed E-state index contributed by atoms with van der Waals surface area (Å²) in [6.07, 6.45) is 2.21. The normalized spacial score (nSPS) is 14.5. The number of nitrogens with zero attached hydrogens (tertiary/aromatic N) is 5. The van der Waals surface area contributed by atoms with Gasteiger partial charge in [0.15, 0.2) is 5.96 Å². The van der Waals surface area contributed by atoms with Crippen LogP contribution in [0.3, 0.4) is 0 Å². The van der Waals surface area contributed by atoms with Gasteiger partial charge in [-0.2, -0.15) is 0 Å². The van der Waals surface area contributed by atoms with Crippen molar-refractivity contribution in [2.45, 2.75) is 19.9 Å². The number of anilines is 1. The molecule has 0 radical (unpaired) electrons. The topological polar surface area (TPSA) is 64.1 Å². The number of piperazine rings is 1. The van der Waals surface area contributed by atoms with Crippen molar-refractivity contribution in [2.24, 2.45) is 4.99 Å². The van der Waals surface area contributed by atoms with Crippen LogP contribution in [0.25, 0.3) is 0 Å². The van der Waals surface area contributed by atoms with Crippen molar-refractivity contribution in [2.75, 3.05) is 51.2 Å². The van der Waals surface area contributed by atoms with Crippen LogP contribution in [0.15, 0.2) is 53.7 Å². The van der Waals surface area contributed by atoms with E-state index in [4.69, 9.17) is 11.6 Å². The highest BCUT2D eigenvalue weighted by Crippen LogP contribution is 2.14. The fraction of sp³-hybridized carbons (Fsp3) is 0.435. The zero-order valence-corrected chi connectivity index (χ0v) is 19.1. The average Bonchev–Trinajstić information content (AvgIpc) is 2.79. The number of aliphatic imine (C=N–C) groups is 1. The molecule has 0 saturated carbocycles. The van der Waals surface area contributed by atoms with Crippen molar-refractivity contribution in [1.82, 2.24) is 20.1 Å². The summed E-state index contributed by atoms with van der Waals surface area (Å²) in [6, 6.07) is 13.7. The monoisotopic (exact) mass is 442 g/mol. The molecule has 2 aromatic rings. The highest BCUT2D eigenvalue weighted by molar-refractivity contribution is 6.30. The highest BCUT2D eigenvalue weighted by Gasteiger charge is 2.21. The van der Waals surface area contributed by atoms with Gasteiger partial charge in [-0.1, -0.05) is 29.8 Å². The van der Waals surface area contributed by atoms with Crippen molar-refractivity contribution in [3.63, 3.8) is 0 Å². The molecule has 1 aliphatic heterocycles. The molecule has 8 heteroatoms. The second-order valence-electron chi connectivity index (χ2n) is 7.53. The van der Waals surface area contributed by atoms with Crippen LogP contribution in [0, 0.1) is 0 Å². The lowest BCUT2D eigenvalue weighted by Gasteiger charge is -2.35. The van der Waals surface area contributed by atoms with Crippen molar-refractivity contribution < 1.29 is 4.79 Å². The van der Waals surface area contributed by atoms with E-state index in [0.29, 0.717) is 32.6 Å². The molecule has 166 valence electrons. The lowest BCUT2D eigenvalue weighted by molar-refractivity contribution is -0.131. The molecule has 1 fully saturated rings. The van der Waals surface area contributed by atoms with Gasteiger partial charge in [-0.05, 0) is 36.8 Å². The fourth-order valence-corrected chi connectivity index (χ4v) is 3.81. The number of aromatic nitrogens is 1. The molecule has 0 unspecified atom stereocenters. The Bertz CT molecular complexity index is 867. The molecule has 0 atom stereocenters. The molecule has 3 rings (SSSR count). The second-order valence-corrected chi connectivity index (χ2v) is 7.96. The molecule has 1 aromatic carbocycles. The highest BCUT2D eigenvalue weighted by atomic mass is 35.5. The molecular formula is C23H31ClN6O. The maximum absolute atomic E-state index is 12.7. The first-order valence-corrected chi connectivity index (χ1v) is 11.1. The SMILES string of the molecule is CCNC(=NCCC(=O)N1CCN(c2ccccn2)CC1)N(C)Cc1cccc(Cl)c1. The van der Waals surface area contributed by atoms with Gasteiger partial charge >= 0.3 is 0 Å². The Morgan fingerprint density at radius 2 is 2.00 bits per heavy atom. The van der Waals surface area contributed by atoms with Crippen molar-refractivity contribution in [3.05, 3.63) is 59.2 Å². The van der Waals surface area contributed by atoms with E-state index >= 15 is 0 Å². The van der Waals surface area contributed by atoms with Gasteiger partial charge in [0, 0.05) is 64.0 Å². The van der Waals surface area contributed by atoms with Crippen LogP contribution >= 0.6 is 11.6 Å². The van der Waals surface area contributed by atoms with Gasteiger partial charge in [0.25, 0.3) is 0 Å². The maximum Gasteiger partial charge on any atom is 0.224 e. The number of carbonyl (C=O) groups is 1. The number of pyridine rings is 1. The van der Waals surface area contributed by atoms with Crippen molar-refractivity contribution >= 4 is 29.3 Å². The zero-order chi connectivity index (χ0) is 22.1. The molecule has 2 heterocycles. The van der Waals surface area contributed by atoms with Crippen LogP contribution in [0.5, 0.6) is 0 Å². The van der Waals surface area contributed by atoms with Crippen molar-refractivity contribution in [1.29, 1.82) is 0 Å². The van der Waals surface area contributed by atoms with E-state index in [1.54, 1.807) is 6.20 Å². The first kappa shape index (κ1) is 22.9. The average molecular weight is 443 g/mol. The predicted octanol–water partition coefficient (Wildman–Crippen LogP) is 2.87. The fourth-order valence-electron chi connectivity index (χ4n) is 3.60. The third kappa shape index (κ3) is 6.85. The Hall–Kier alpha value is -2.80. The number of carbonyl (C=O) groups excluding carboxylic acids is 1. The molecular weight excluding hydrogens is 412 g/mol. The third-order valence-electron chi connectivity index (χ3n) is 5.20. The van der Waals surface area contributed by atoms with Crippen LogP contribution < -0.4 is 10.2 Å². The van der Waals surface area contributed by atoms with Crippen LogP contribution in [0.2, 0.25) is 5.02 Å². The summed E-state index contributed by atoms with van der Waals surface area (Å²) >= 11 is 6.09.